The van der Waals surface area contributed by atoms with Gasteiger partial charge in [0.2, 0.25) is 0 Å². The predicted molar refractivity (Wildman–Crippen MR) is 138 cm³/mol. The lowest BCUT2D eigenvalue weighted by atomic mass is 9.90. The molecule has 0 radical (unpaired) electrons. The fraction of sp³-hybridized carbons (Fsp3) is 0.462. The molecule has 1 fully saturated rings. The number of morpholine rings is 1. The summed E-state index contributed by atoms with van der Waals surface area (Å²) in [5, 5.41) is 10.4. The predicted octanol–water partition coefficient (Wildman–Crippen LogP) is 5.91. The highest BCUT2D eigenvalue weighted by atomic mass is 35.5. The van der Waals surface area contributed by atoms with Gasteiger partial charge in [0.25, 0.3) is 5.91 Å². The van der Waals surface area contributed by atoms with Crippen molar-refractivity contribution in [3.05, 3.63) is 69.7 Å². The van der Waals surface area contributed by atoms with Crippen molar-refractivity contribution >= 4 is 38.9 Å². The van der Waals surface area contributed by atoms with Crippen LogP contribution < -0.4 is 0 Å². The minimum atomic E-state index is -3.39. The number of hydrogen-bond donors (Lipinski definition) is 0. The molecule has 0 bridgehead atoms. The van der Waals surface area contributed by atoms with Crippen LogP contribution in [0.4, 0.5) is 0 Å². The smallest absolute Gasteiger partial charge is 0.253 e. The number of ether oxygens (including phenoxy) is 1. The van der Waals surface area contributed by atoms with Crippen LogP contribution in [0.15, 0.2) is 48.5 Å². The summed E-state index contributed by atoms with van der Waals surface area (Å²) < 4.78 is 30.9. The van der Waals surface area contributed by atoms with Gasteiger partial charge in [-0.2, -0.15) is 5.26 Å². The lowest BCUT2D eigenvalue weighted by molar-refractivity contribution is -0.178. The second-order valence-electron chi connectivity index (χ2n) is 9.77. The van der Waals surface area contributed by atoms with Gasteiger partial charge in [0.15, 0.2) is 9.84 Å². The number of halogens is 2. The first-order valence-corrected chi connectivity index (χ1v) is 13.8. The second kappa shape index (κ2) is 10.9. The van der Waals surface area contributed by atoms with E-state index in [1.165, 1.54) is 0 Å². The van der Waals surface area contributed by atoms with Crippen molar-refractivity contribution in [2.24, 2.45) is 0 Å². The van der Waals surface area contributed by atoms with Gasteiger partial charge in [-0.1, -0.05) is 47.5 Å². The van der Waals surface area contributed by atoms with Crippen LogP contribution in [0, 0.1) is 11.3 Å². The first-order chi connectivity index (χ1) is 16.4. The zero-order valence-corrected chi connectivity index (χ0v) is 22.6. The van der Waals surface area contributed by atoms with E-state index in [9.17, 15) is 18.5 Å². The van der Waals surface area contributed by atoms with Gasteiger partial charge < -0.3 is 9.64 Å². The molecule has 1 amide bonds. The lowest BCUT2D eigenvalue weighted by Crippen LogP contribution is -2.54. The van der Waals surface area contributed by atoms with E-state index in [1.807, 2.05) is 31.2 Å². The van der Waals surface area contributed by atoms with Crippen molar-refractivity contribution in [2.75, 3.05) is 5.75 Å². The molecule has 0 N–H and O–H groups in total. The van der Waals surface area contributed by atoms with Crippen LogP contribution in [0.1, 0.15) is 63.8 Å². The first kappa shape index (κ1) is 27.5. The average molecular weight is 538 g/mol. The van der Waals surface area contributed by atoms with Crippen molar-refractivity contribution in [1.82, 2.24) is 4.90 Å². The van der Waals surface area contributed by atoms with Crippen molar-refractivity contribution in [3.63, 3.8) is 0 Å². The Kier molecular flexibility index (Phi) is 8.54. The molecule has 3 rings (SSSR count). The fourth-order valence-corrected chi connectivity index (χ4v) is 5.77. The summed E-state index contributed by atoms with van der Waals surface area (Å²) in [5.74, 6) is -0.411. The van der Waals surface area contributed by atoms with Crippen LogP contribution in [0.2, 0.25) is 10.0 Å². The van der Waals surface area contributed by atoms with Gasteiger partial charge in [0, 0.05) is 16.1 Å². The monoisotopic (exact) mass is 536 g/mol. The summed E-state index contributed by atoms with van der Waals surface area (Å²) in [6, 6.07) is 15.4. The Hall–Kier alpha value is -2.11. The average Bonchev–Trinajstić information content (AvgIpc) is 2.78. The standard InChI is InChI=1S/C26H30Cl2N2O4S/c1-17(13-15-35(32,33)26(2,3)4)30-23(18-8-10-20(27)11-9-18)24(19-6-5-7-21(28)16-19)34-22(12-14-29)25(30)31/h5-11,16-17,22-24H,12-13,15H2,1-4H3/t17-,22+,23+,24+/m0/s1. The molecule has 2 aromatic carbocycles. The third kappa shape index (κ3) is 6.18. The molecule has 4 atom stereocenters. The van der Waals surface area contributed by atoms with Gasteiger partial charge in [-0.25, -0.2) is 8.42 Å². The molecule has 6 nitrogen and oxygen atoms in total. The van der Waals surface area contributed by atoms with Crippen LogP contribution in [0.3, 0.4) is 0 Å². The van der Waals surface area contributed by atoms with Crippen molar-refractivity contribution in [2.45, 2.75) is 69.6 Å². The van der Waals surface area contributed by atoms with Crippen molar-refractivity contribution in [3.8, 4) is 6.07 Å². The molecule has 0 spiro atoms. The fourth-order valence-electron chi connectivity index (χ4n) is 4.18. The summed E-state index contributed by atoms with van der Waals surface area (Å²) in [6.45, 7) is 6.84. The van der Waals surface area contributed by atoms with E-state index in [0.29, 0.717) is 10.0 Å². The van der Waals surface area contributed by atoms with Gasteiger partial charge in [0.05, 0.1) is 29.0 Å². The van der Waals surface area contributed by atoms with E-state index in [4.69, 9.17) is 27.9 Å². The molecule has 1 heterocycles. The Bertz CT molecular complexity index is 1200. The third-order valence-corrected chi connectivity index (χ3v) is 9.43. The molecule has 9 heteroatoms. The Balaban J connectivity index is 2.09. The van der Waals surface area contributed by atoms with E-state index in [-0.39, 0.29) is 24.5 Å². The molecule has 35 heavy (non-hydrogen) atoms. The quantitative estimate of drug-likeness (QED) is 0.438. The highest BCUT2D eigenvalue weighted by Gasteiger charge is 2.46. The molecule has 1 saturated heterocycles. The Labute approximate surface area is 217 Å². The van der Waals surface area contributed by atoms with E-state index in [1.54, 1.807) is 56.0 Å². The molecule has 0 saturated carbocycles. The summed E-state index contributed by atoms with van der Waals surface area (Å²) in [5.41, 5.74) is 1.54. The molecule has 0 aliphatic carbocycles. The summed E-state index contributed by atoms with van der Waals surface area (Å²) in [4.78, 5) is 15.3. The maximum absolute atomic E-state index is 13.6. The van der Waals surface area contributed by atoms with Crippen LogP contribution in [0.5, 0.6) is 0 Å². The Morgan fingerprint density at radius 3 is 2.31 bits per heavy atom. The molecule has 188 valence electrons. The number of rotatable bonds is 7. The highest BCUT2D eigenvalue weighted by molar-refractivity contribution is 7.92. The maximum atomic E-state index is 13.6. The molecule has 0 aromatic heterocycles. The highest BCUT2D eigenvalue weighted by Crippen LogP contribution is 2.44. The van der Waals surface area contributed by atoms with E-state index in [0.717, 1.165) is 11.1 Å². The van der Waals surface area contributed by atoms with Crippen LogP contribution >= 0.6 is 23.2 Å². The zero-order chi connectivity index (χ0) is 26.0. The molecule has 0 unspecified atom stereocenters. The first-order valence-electron chi connectivity index (χ1n) is 11.4. The normalized spacial score (nSPS) is 22.0. The zero-order valence-electron chi connectivity index (χ0n) is 20.2. The van der Waals surface area contributed by atoms with E-state index >= 15 is 0 Å². The van der Waals surface area contributed by atoms with Gasteiger partial charge in [-0.05, 0) is 69.5 Å². The number of carbonyl (C=O) groups is 1. The Morgan fingerprint density at radius 2 is 1.74 bits per heavy atom. The summed E-state index contributed by atoms with van der Waals surface area (Å²) in [6.07, 6.45) is -1.47. The minimum Gasteiger partial charge on any atom is -0.357 e. The molecule has 2 aromatic rings. The van der Waals surface area contributed by atoms with Crippen molar-refractivity contribution in [1.29, 1.82) is 5.26 Å². The number of amides is 1. The van der Waals surface area contributed by atoms with Gasteiger partial charge in [-0.3, -0.25) is 4.79 Å². The number of sulfone groups is 1. The number of benzene rings is 2. The van der Waals surface area contributed by atoms with Crippen LogP contribution in [-0.2, 0) is 19.4 Å². The molecule has 1 aliphatic rings. The largest absolute Gasteiger partial charge is 0.357 e. The third-order valence-electron chi connectivity index (χ3n) is 6.30. The topological polar surface area (TPSA) is 87.5 Å². The maximum Gasteiger partial charge on any atom is 0.253 e. The minimum absolute atomic E-state index is 0.0691. The lowest BCUT2D eigenvalue weighted by Gasteiger charge is -2.47. The summed E-state index contributed by atoms with van der Waals surface area (Å²) in [7, 11) is -3.39. The van der Waals surface area contributed by atoms with Gasteiger partial charge >= 0.3 is 0 Å². The van der Waals surface area contributed by atoms with Gasteiger partial charge in [-0.15, -0.1) is 0 Å². The van der Waals surface area contributed by atoms with Crippen LogP contribution in [-0.4, -0.2) is 41.9 Å². The molecular formula is C26H30Cl2N2O4S. The van der Waals surface area contributed by atoms with E-state index < -0.39 is 38.9 Å². The van der Waals surface area contributed by atoms with Crippen molar-refractivity contribution < 1.29 is 17.9 Å². The molecular weight excluding hydrogens is 507 g/mol. The number of nitrogens with zero attached hydrogens (tertiary/aromatic N) is 2. The summed E-state index contributed by atoms with van der Waals surface area (Å²) >= 11 is 12.4. The number of carbonyl (C=O) groups excluding carboxylic acids is 1. The Morgan fingerprint density at radius 1 is 1.09 bits per heavy atom. The molecule has 1 aliphatic heterocycles. The van der Waals surface area contributed by atoms with Crippen LogP contribution in [0.25, 0.3) is 0 Å². The van der Waals surface area contributed by atoms with Gasteiger partial charge in [0.1, 0.15) is 12.2 Å². The second-order valence-corrected chi connectivity index (χ2v) is 13.5. The SMILES string of the molecule is C[C@@H](CCS(=O)(=O)C(C)(C)C)N1C(=O)[C@@H](CC#N)O[C@H](c2cccc(Cl)c2)[C@H]1c1ccc(Cl)cc1. The number of hydrogen-bond acceptors (Lipinski definition) is 5. The number of nitriles is 1. The van der Waals surface area contributed by atoms with E-state index in [2.05, 4.69) is 0 Å².